The van der Waals surface area contributed by atoms with Crippen LogP contribution in [0.15, 0.2) is 42.5 Å². The maximum absolute atomic E-state index is 12.7. The number of hydrogen-bond acceptors (Lipinski definition) is 4. The van der Waals surface area contributed by atoms with E-state index >= 15 is 0 Å². The first kappa shape index (κ1) is 18.9. The Morgan fingerprint density at radius 1 is 1.17 bits per heavy atom. The van der Waals surface area contributed by atoms with Crippen LogP contribution in [0.1, 0.15) is 21.9 Å². The highest BCUT2D eigenvalue weighted by Gasteiger charge is 2.21. The highest BCUT2D eigenvalue weighted by molar-refractivity contribution is 6.34. The fourth-order valence-corrected chi connectivity index (χ4v) is 3.39. The Balaban J connectivity index is 1.54. The average Bonchev–Trinajstić information content (AvgIpc) is 3.27. The largest absolute Gasteiger partial charge is 0.336 e. The number of urea groups is 1. The molecule has 0 bridgehead atoms. The van der Waals surface area contributed by atoms with Gasteiger partial charge in [0.1, 0.15) is 5.69 Å². The van der Waals surface area contributed by atoms with Crippen LogP contribution < -0.4 is 15.5 Å². The van der Waals surface area contributed by atoms with Gasteiger partial charge in [0.25, 0.3) is 5.91 Å². The summed E-state index contributed by atoms with van der Waals surface area (Å²) in [5.74, 6) is 0.0885. The molecule has 3 amide bonds. The molecular formula is C20H19ClN6O2. The minimum absolute atomic E-state index is 0.111. The second-order valence-corrected chi connectivity index (χ2v) is 7.13. The van der Waals surface area contributed by atoms with Crippen molar-refractivity contribution >= 4 is 34.9 Å². The molecule has 1 aromatic carbocycles. The number of carbonyl (C=O) groups excluding carboxylic acids is 2. The van der Waals surface area contributed by atoms with E-state index in [1.165, 1.54) is 0 Å². The van der Waals surface area contributed by atoms with Crippen molar-refractivity contribution in [3.05, 3.63) is 64.6 Å². The summed E-state index contributed by atoms with van der Waals surface area (Å²) in [5, 5.41) is 10.2. The van der Waals surface area contributed by atoms with Gasteiger partial charge in [-0.1, -0.05) is 11.6 Å². The second-order valence-electron chi connectivity index (χ2n) is 6.72. The third kappa shape index (κ3) is 3.79. The topological polar surface area (TPSA) is 92.2 Å². The molecule has 0 radical (unpaired) electrons. The molecule has 9 heteroatoms. The van der Waals surface area contributed by atoms with Crippen LogP contribution in [0.4, 0.5) is 16.2 Å². The van der Waals surface area contributed by atoms with Crippen molar-refractivity contribution in [2.45, 2.75) is 13.8 Å². The predicted octanol–water partition coefficient (Wildman–Crippen LogP) is 3.32. The maximum atomic E-state index is 12.7. The van der Waals surface area contributed by atoms with Gasteiger partial charge >= 0.3 is 6.03 Å². The molecule has 4 rings (SSSR count). The van der Waals surface area contributed by atoms with Crippen LogP contribution in [0.2, 0.25) is 5.02 Å². The lowest BCUT2D eigenvalue weighted by Crippen LogP contribution is -2.27. The molecule has 1 aliphatic heterocycles. The Labute approximate surface area is 172 Å². The first-order valence-electron chi connectivity index (χ1n) is 9.09. The van der Waals surface area contributed by atoms with Gasteiger partial charge in [0, 0.05) is 30.2 Å². The van der Waals surface area contributed by atoms with E-state index in [1.54, 1.807) is 46.0 Å². The number of hydrogen-bond donors (Lipinski definition) is 2. The highest BCUT2D eigenvalue weighted by Crippen LogP contribution is 2.22. The van der Waals surface area contributed by atoms with Crippen molar-refractivity contribution in [1.82, 2.24) is 20.1 Å². The third-order valence-corrected chi connectivity index (χ3v) is 4.87. The fourth-order valence-electron chi connectivity index (χ4n) is 3.20. The van der Waals surface area contributed by atoms with Crippen LogP contribution in [0.25, 0.3) is 5.82 Å². The van der Waals surface area contributed by atoms with E-state index < -0.39 is 5.91 Å². The van der Waals surface area contributed by atoms with Crippen molar-refractivity contribution in [2.24, 2.45) is 0 Å². The van der Waals surface area contributed by atoms with E-state index in [2.05, 4.69) is 20.7 Å². The molecule has 148 valence electrons. The number of rotatable bonds is 4. The number of amides is 3. The highest BCUT2D eigenvalue weighted by atomic mass is 35.5. The van der Waals surface area contributed by atoms with Gasteiger partial charge in [-0.2, -0.15) is 5.10 Å². The minimum Gasteiger partial charge on any atom is -0.336 e. The van der Waals surface area contributed by atoms with Crippen molar-refractivity contribution < 1.29 is 9.59 Å². The SMILES string of the molecule is Cc1cc(C)n(-c2ccc(Cl)c(C(=O)Nc3ccc(N4CCNC4=O)cc3)n2)n1. The van der Waals surface area contributed by atoms with Crippen molar-refractivity contribution in [1.29, 1.82) is 0 Å². The quantitative estimate of drug-likeness (QED) is 0.690. The summed E-state index contributed by atoms with van der Waals surface area (Å²) in [7, 11) is 0. The summed E-state index contributed by atoms with van der Waals surface area (Å²) < 4.78 is 1.67. The van der Waals surface area contributed by atoms with Gasteiger partial charge in [-0.15, -0.1) is 0 Å². The molecule has 29 heavy (non-hydrogen) atoms. The molecule has 3 heterocycles. The second kappa shape index (κ2) is 7.56. The zero-order valence-electron chi connectivity index (χ0n) is 15.9. The normalized spacial score (nSPS) is 13.5. The molecule has 2 N–H and O–H groups in total. The van der Waals surface area contributed by atoms with Crippen LogP contribution in [0.3, 0.4) is 0 Å². The van der Waals surface area contributed by atoms with E-state index in [-0.39, 0.29) is 16.7 Å². The van der Waals surface area contributed by atoms with E-state index in [9.17, 15) is 9.59 Å². The molecule has 8 nitrogen and oxygen atoms in total. The first-order chi connectivity index (χ1) is 13.9. The summed E-state index contributed by atoms with van der Waals surface area (Å²) in [6.07, 6.45) is 0. The number of aromatic nitrogens is 3. The summed E-state index contributed by atoms with van der Waals surface area (Å²) in [5.41, 5.74) is 3.22. The van der Waals surface area contributed by atoms with Crippen LogP contribution in [-0.2, 0) is 0 Å². The van der Waals surface area contributed by atoms with Gasteiger partial charge in [-0.05, 0) is 56.3 Å². The number of aryl methyl sites for hydroxylation is 2. The smallest absolute Gasteiger partial charge is 0.321 e. The Morgan fingerprint density at radius 3 is 2.55 bits per heavy atom. The molecule has 1 saturated heterocycles. The number of anilines is 2. The number of nitrogens with one attached hydrogen (secondary N) is 2. The van der Waals surface area contributed by atoms with Gasteiger partial charge in [0.05, 0.1) is 10.7 Å². The standard InChI is InChI=1S/C20H19ClN6O2/c1-12-11-13(2)27(25-12)17-8-7-16(21)18(24-17)19(28)23-14-3-5-15(6-4-14)26-10-9-22-20(26)29/h3-8,11H,9-10H2,1-2H3,(H,22,29)(H,23,28). The predicted molar refractivity (Wildman–Crippen MR) is 111 cm³/mol. The summed E-state index contributed by atoms with van der Waals surface area (Å²) in [6, 6.07) is 12.2. The summed E-state index contributed by atoms with van der Waals surface area (Å²) in [4.78, 5) is 30.5. The van der Waals surface area contributed by atoms with Gasteiger partial charge in [-0.25, -0.2) is 14.5 Å². The Kier molecular flexibility index (Phi) is 4.94. The lowest BCUT2D eigenvalue weighted by molar-refractivity contribution is 0.102. The van der Waals surface area contributed by atoms with Gasteiger partial charge < -0.3 is 10.6 Å². The summed E-state index contributed by atoms with van der Waals surface area (Å²) >= 11 is 6.21. The van der Waals surface area contributed by atoms with Crippen molar-refractivity contribution in [3.8, 4) is 5.82 Å². The van der Waals surface area contributed by atoms with Crippen molar-refractivity contribution in [3.63, 3.8) is 0 Å². The van der Waals surface area contributed by atoms with Gasteiger partial charge in [0.15, 0.2) is 5.82 Å². The van der Waals surface area contributed by atoms with E-state index in [0.717, 1.165) is 17.1 Å². The molecule has 2 aromatic heterocycles. The number of halogens is 1. The number of carbonyl (C=O) groups is 2. The first-order valence-corrected chi connectivity index (χ1v) is 9.47. The van der Waals surface area contributed by atoms with E-state index in [0.29, 0.717) is 24.6 Å². The molecule has 3 aromatic rings. The van der Waals surface area contributed by atoms with E-state index in [1.807, 2.05) is 19.9 Å². The third-order valence-electron chi connectivity index (χ3n) is 4.57. The molecule has 0 saturated carbocycles. The zero-order valence-corrected chi connectivity index (χ0v) is 16.7. The lowest BCUT2D eigenvalue weighted by atomic mass is 10.2. The minimum atomic E-state index is -0.426. The molecule has 1 aliphatic rings. The lowest BCUT2D eigenvalue weighted by Gasteiger charge is -2.15. The average molecular weight is 411 g/mol. The van der Waals surface area contributed by atoms with Crippen LogP contribution in [-0.4, -0.2) is 39.8 Å². The Morgan fingerprint density at radius 2 is 1.93 bits per heavy atom. The van der Waals surface area contributed by atoms with Crippen LogP contribution in [0, 0.1) is 13.8 Å². The number of nitrogens with zero attached hydrogens (tertiary/aromatic N) is 4. The zero-order chi connectivity index (χ0) is 20.5. The maximum Gasteiger partial charge on any atom is 0.321 e. The van der Waals surface area contributed by atoms with Gasteiger partial charge in [0.2, 0.25) is 0 Å². The fraction of sp³-hybridized carbons (Fsp3) is 0.200. The van der Waals surface area contributed by atoms with Gasteiger partial charge in [-0.3, -0.25) is 9.69 Å². The van der Waals surface area contributed by atoms with Crippen LogP contribution in [0.5, 0.6) is 0 Å². The Hall–Kier alpha value is -3.39. The van der Waals surface area contributed by atoms with Crippen molar-refractivity contribution in [2.75, 3.05) is 23.3 Å². The summed E-state index contributed by atoms with van der Waals surface area (Å²) in [6.45, 7) is 5.04. The molecule has 1 fully saturated rings. The number of benzene rings is 1. The molecule has 0 atom stereocenters. The molecule has 0 spiro atoms. The molecule has 0 aliphatic carbocycles. The monoisotopic (exact) mass is 410 g/mol. The van der Waals surface area contributed by atoms with E-state index in [4.69, 9.17) is 11.6 Å². The number of pyridine rings is 1. The molecular weight excluding hydrogens is 392 g/mol. The molecule has 0 unspecified atom stereocenters. The van der Waals surface area contributed by atoms with Crippen LogP contribution >= 0.6 is 11.6 Å². The Bertz CT molecular complexity index is 1090.